The first-order valence-electron chi connectivity index (χ1n) is 12.9. The van der Waals surface area contributed by atoms with E-state index in [2.05, 4.69) is 49.8 Å². The van der Waals surface area contributed by atoms with E-state index in [0.29, 0.717) is 54.5 Å². The van der Waals surface area contributed by atoms with E-state index in [4.69, 9.17) is 4.74 Å². The molecule has 2 fully saturated rings. The van der Waals surface area contributed by atoms with E-state index in [1.807, 2.05) is 24.3 Å². The van der Waals surface area contributed by atoms with Crippen LogP contribution in [0.1, 0.15) is 22.8 Å². The fraction of sp³-hybridized carbons (Fsp3) is 0.370. The van der Waals surface area contributed by atoms with E-state index in [-0.39, 0.29) is 11.8 Å². The summed E-state index contributed by atoms with van der Waals surface area (Å²) in [6.07, 6.45) is 0. The van der Waals surface area contributed by atoms with Gasteiger partial charge in [0.2, 0.25) is 0 Å². The van der Waals surface area contributed by atoms with Crippen molar-refractivity contribution in [3.8, 4) is 22.5 Å². The van der Waals surface area contributed by atoms with Crippen molar-refractivity contribution in [3.63, 3.8) is 0 Å². The lowest BCUT2D eigenvalue weighted by atomic mass is 10.0. The van der Waals surface area contributed by atoms with Crippen molar-refractivity contribution in [1.82, 2.24) is 25.5 Å². The number of rotatable bonds is 5. The number of carbonyl (C=O) groups is 2. The highest BCUT2D eigenvalue weighted by atomic mass is 16.5. The molecular weight excluding hydrogens is 470 g/mol. The molecule has 1 aliphatic carbocycles. The van der Waals surface area contributed by atoms with Gasteiger partial charge in [0.15, 0.2) is 5.78 Å². The van der Waals surface area contributed by atoms with Crippen LogP contribution in [0.25, 0.3) is 22.5 Å². The topological polar surface area (TPSA) is 106 Å². The van der Waals surface area contributed by atoms with Crippen LogP contribution in [0.4, 0.5) is 16.2 Å². The van der Waals surface area contributed by atoms with Gasteiger partial charge in [-0.05, 0) is 24.7 Å². The molecule has 0 bridgehead atoms. The van der Waals surface area contributed by atoms with Crippen LogP contribution in [-0.2, 0) is 4.74 Å². The standard InChI is InChI=1S/C27H31N7O3/c1-2-32-10-12-33(13-11-32)19-8-6-18(7-9-19)24-23-25(30-29-24)20-4-3-5-21(22(20)26(23)35)28-27(36)31-34-14-16-37-17-15-34/h3-9H,2,10-17H2,1H3,(H,29,30)(H2,28,31,36). The average Bonchev–Trinajstić information content (AvgIpc) is 3.49. The molecule has 3 heterocycles. The lowest BCUT2D eigenvalue weighted by molar-refractivity contribution is 0.0207. The highest BCUT2D eigenvalue weighted by molar-refractivity contribution is 6.26. The van der Waals surface area contributed by atoms with Crippen LogP contribution in [-0.4, -0.2) is 90.9 Å². The van der Waals surface area contributed by atoms with Crippen molar-refractivity contribution in [1.29, 1.82) is 0 Å². The Morgan fingerprint density at radius 3 is 2.49 bits per heavy atom. The second-order valence-corrected chi connectivity index (χ2v) is 9.51. The molecule has 0 unspecified atom stereocenters. The Bertz CT molecular complexity index is 1310. The third-order valence-electron chi connectivity index (χ3n) is 7.40. The predicted octanol–water partition coefficient (Wildman–Crippen LogP) is 2.80. The SMILES string of the molecule is CCN1CCN(c2ccc(-c3[nH]nc4c3C(=O)c3c(NC(=O)NN5CCOCC5)cccc3-4)cc2)CC1. The minimum atomic E-state index is -0.384. The van der Waals surface area contributed by atoms with Crippen LogP contribution in [0.5, 0.6) is 0 Å². The number of fused-ring (bicyclic) bond motifs is 3. The third-order valence-corrected chi connectivity index (χ3v) is 7.40. The Morgan fingerprint density at radius 1 is 1.00 bits per heavy atom. The normalized spacial score (nSPS) is 18.0. The summed E-state index contributed by atoms with van der Waals surface area (Å²) in [5.41, 5.74) is 8.44. The number of hydrogen-bond donors (Lipinski definition) is 3. The Morgan fingerprint density at radius 2 is 1.76 bits per heavy atom. The first-order chi connectivity index (χ1) is 18.1. The van der Waals surface area contributed by atoms with Crippen LogP contribution in [0.15, 0.2) is 42.5 Å². The van der Waals surface area contributed by atoms with Crippen LogP contribution in [0, 0.1) is 0 Å². The predicted molar refractivity (Wildman–Crippen MR) is 142 cm³/mol. The molecule has 3 N–H and O–H groups in total. The zero-order chi connectivity index (χ0) is 25.4. The Kier molecular flexibility index (Phi) is 6.37. The fourth-order valence-corrected chi connectivity index (χ4v) is 5.32. The van der Waals surface area contributed by atoms with E-state index in [0.717, 1.165) is 43.9 Å². The fourth-order valence-electron chi connectivity index (χ4n) is 5.32. The minimum Gasteiger partial charge on any atom is -0.379 e. The van der Waals surface area contributed by atoms with E-state index in [9.17, 15) is 9.59 Å². The number of nitrogens with one attached hydrogen (secondary N) is 3. The number of H-pyrrole nitrogens is 1. The maximum atomic E-state index is 13.6. The number of nitrogens with zero attached hydrogens (tertiary/aromatic N) is 4. The molecule has 2 aliphatic heterocycles. The number of piperazine rings is 1. The van der Waals surface area contributed by atoms with Crippen molar-refractivity contribution in [2.45, 2.75) is 6.92 Å². The number of amides is 2. The molecule has 10 heteroatoms. The van der Waals surface area contributed by atoms with E-state index in [1.54, 1.807) is 11.1 Å². The molecule has 37 heavy (non-hydrogen) atoms. The first kappa shape index (κ1) is 23.7. The molecule has 2 aromatic carbocycles. The second kappa shape index (κ2) is 9.97. The quantitative estimate of drug-likeness (QED) is 0.386. The Balaban J connectivity index is 1.21. The number of hydrazine groups is 1. The van der Waals surface area contributed by atoms with Gasteiger partial charge < -0.3 is 19.9 Å². The van der Waals surface area contributed by atoms with Gasteiger partial charge in [-0.25, -0.2) is 9.80 Å². The lowest BCUT2D eigenvalue weighted by Crippen LogP contribution is -2.49. The molecular formula is C27H31N7O3. The van der Waals surface area contributed by atoms with Crippen molar-refractivity contribution in [3.05, 3.63) is 53.6 Å². The molecule has 192 valence electrons. The van der Waals surface area contributed by atoms with Crippen LogP contribution >= 0.6 is 0 Å². The van der Waals surface area contributed by atoms with Gasteiger partial charge in [-0.2, -0.15) is 5.10 Å². The summed E-state index contributed by atoms with van der Waals surface area (Å²) < 4.78 is 5.32. The maximum absolute atomic E-state index is 13.6. The lowest BCUT2D eigenvalue weighted by Gasteiger charge is -2.35. The molecule has 10 nitrogen and oxygen atoms in total. The summed E-state index contributed by atoms with van der Waals surface area (Å²) in [5.74, 6) is -0.143. The zero-order valence-corrected chi connectivity index (χ0v) is 20.9. The van der Waals surface area contributed by atoms with Crippen LogP contribution < -0.4 is 15.6 Å². The maximum Gasteiger partial charge on any atom is 0.333 e. The highest BCUT2D eigenvalue weighted by Crippen LogP contribution is 2.43. The largest absolute Gasteiger partial charge is 0.379 e. The number of ketones is 1. The summed E-state index contributed by atoms with van der Waals surface area (Å²) in [5, 5.41) is 12.2. The van der Waals surface area contributed by atoms with Crippen molar-refractivity contribution < 1.29 is 14.3 Å². The molecule has 0 atom stereocenters. The molecule has 3 aromatic rings. The molecule has 1 aromatic heterocycles. The molecule has 2 amide bonds. The van der Waals surface area contributed by atoms with Gasteiger partial charge in [-0.1, -0.05) is 31.2 Å². The highest BCUT2D eigenvalue weighted by Gasteiger charge is 2.35. The molecule has 6 rings (SSSR count). The summed E-state index contributed by atoms with van der Waals surface area (Å²) in [6, 6.07) is 13.4. The number of likely N-dealkylation sites (N-methyl/N-ethyl adjacent to an activating group) is 1. The zero-order valence-electron chi connectivity index (χ0n) is 20.9. The smallest absolute Gasteiger partial charge is 0.333 e. The number of hydrogen-bond acceptors (Lipinski definition) is 7. The van der Waals surface area contributed by atoms with Gasteiger partial charge >= 0.3 is 6.03 Å². The number of carbonyl (C=O) groups excluding carboxylic acids is 2. The first-order valence-corrected chi connectivity index (χ1v) is 12.9. The van der Waals surface area contributed by atoms with Crippen molar-refractivity contribution in [2.75, 3.05) is 69.2 Å². The molecule has 0 saturated carbocycles. The van der Waals surface area contributed by atoms with Crippen LogP contribution in [0.3, 0.4) is 0 Å². The molecule has 2 saturated heterocycles. The summed E-state index contributed by atoms with van der Waals surface area (Å²) in [4.78, 5) is 31.1. The molecule has 3 aliphatic rings. The monoisotopic (exact) mass is 501 g/mol. The van der Waals surface area contributed by atoms with Gasteiger partial charge in [0, 0.05) is 56.1 Å². The minimum absolute atomic E-state index is 0.143. The Hall–Kier alpha value is -3.73. The van der Waals surface area contributed by atoms with E-state index >= 15 is 0 Å². The average molecular weight is 502 g/mol. The van der Waals surface area contributed by atoms with Gasteiger partial charge in [0.1, 0.15) is 5.69 Å². The second-order valence-electron chi connectivity index (χ2n) is 9.51. The molecule has 0 spiro atoms. The number of anilines is 2. The van der Waals surface area contributed by atoms with E-state index in [1.165, 1.54) is 5.69 Å². The van der Waals surface area contributed by atoms with Crippen molar-refractivity contribution in [2.24, 2.45) is 0 Å². The summed E-state index contributed by atoms with van der Waals surface area (Å²) >= 11 is 0. The number of urea groups is 1. The number of ether oxygens (including phenoxy) is 1. The van der Waals surface area contributed by atoms with Crippen LogP contribution in [0.2, 0.25) is 0 Å². The van der Waals surface area contributed by atoms with Gasteiger partial charge in [-0.3, -0.25) is 15.3 Å². The van der Waals surface area contributed by atoms with Crippen molar-refractivity contribution >= 4 is 23.2 Å². The van der Waals surface area contributed by atoms with E-state index < -0.39 is 0 Å². The number of aromatic nitrogens is 2. The van der Waals surface area contributed by atoms with Gasteiger partial charge in [0.25, 0.3) is 0 Å². The number of morpholine rings is 1. The summed E-state index contributed by atoms with van der Waals surface area (Å²) in [6.45, 7) is 9.82. The number of aromatic amines is 1. The Labute approximate surface area is 215 Å². The van der Waals surface area contributed by atoms with Gasteiger partial charge in [0.05, 0.1) is 35.7 Å². The molecule has 0 radical (unpaired) electrons. The number of benzene rings is 2. The summed E-state index contributed by atoms with van der Waals surface area (Å²) in [7, 11) is 0. The van der Waals surface area contributed by atoms with Gasteiger partial charge in [-0.15, -0.1) is 0 Å². The third kappa shape index (κ3) is 4.48.